The smallest absolute Gasteiger partial charge is 0.193 e. The van der Waals surface area contributed by atoms with Gasteiger partial charge in [-0.05, 0) is 37.5 Å². The van der Waals surface area contributed by atoms with Gasteiger partial charge >= 0.3 is 0 Å². The molecule has 0 aromatic heterocycles. The molecule has 0 saturated carbocycles. The average Bonchev–Trinajstić information content (AvgIpc) is 2.46. The molecule has 0 spiro atoms. The molecule has 0 amide bonds. The van der Waals surface area contributed by atoms with Gasteiger partial charge in [0.15, 0.2) is 5.96 Å². The van der Waals surface area contributed by atoms with Crippen LogP contribution in [0.1, 0.15) is 27.2 Å². The second-order valence-corrected chi connectivity index (χ2v) is 5.67. The Bertz CT molecular complexity index is 492. The SMILES string of the molecule is CCOC(CCN=C(N)Nc1ccc(OC)c(Cl)c1)C(C)C. The minimum atomic E-state index is 0.206. The second kappa shape index (κ2) is 9.54. The fourth-order valence-electron chi connectivity index (χ4n) is 2.07. The van der Waals surface area contributed by atoms with Crippen LogP contribution in [0.25, 0.3) is 0 Å². The van der Waals surface area contributed by atoms with Crippen molar-refractivity contribution < 1.29 is 9.47 Å². The Kier molecular flexibility index (Phi) is 8.06. The van der Waals surface area contributed by atoms with Crippen molar-refractivity contribution in [3.63, 3.8) is 0 Å². The van der Waals surface area contributed by atoms with Crippen LogP contribution in [-0.2, 0) is 4.74 Å². The molecule has 0 heterocycles. The van der Waals surface area contributed by atoms with Crippen LogP contribution >= 0.6 is 11.6 Å². The highest BCUT2D eigenvalue weighted by Gasteiger charge is 2.12. The molecule has 1 aromatic rings. The van der Waals surface area contributed by atoms with Crippen LogP contribution in [0.15, 0.2) is 23.2 Å². The Morgan fingerprint density at radius 3 is 2.68 bits per heavy atom. The summed E-state index contributed by atoms with van der Waals surface area (Å²) in [6.45, 7) is 7.62. The van der Waals surface area contributed by atoms with Gasteiger partial charge in [-0.3, -0.25) is 4.99 Å². The van der Waals surface area contributed by atoms with E-state index in [0.29, 0.717) is 35.8 Å². The van der Waals surface area contributed by atoms with E-state index in [9.17, 15) is 0 Å². The molecular formula is C16H26ClN3O2. The first-order valence-electron chi connectivity index (χ1n) is 7.50. The van der Waals surface area contributed by atoms with E-state index in [2.05, 4.69) is 24.2 Å². The van der Waals surface area contributed by atoms with E-state index in [0.717, 1.165) is 12.1 Å². The van der Waals surface area contributed by atoms with Crippen LogP contribution in [0.4, 0.5) is 5.69 Å². The van der Waals surface area contributed by atoms with E-state index in [1.54, 1.807) is 19.2 Å². The third-order valence-corrected chi connectivity index (χ3v) is 3.54. The molecule has 6 heteroatoms. The van der Waals surface area contributed by atoms with Crippen molar-refractivity contribution in [1.29, 1.82) is 0 Å². The van der Waals surface area contributed by atoms with Crippen molar-refractivity contribution in [3.8, 4) is 5.75 Å². The number of rotatable bonds is 8. The minimum Gasteiger partial charge on any atom is -0.495 e. The van der Waals surface area contributed by atoms with E-state index < -0.39 is 0 Å². The molecule has 1 aromatic carbocycles. The predicted molar refractivity (Wildman–Crippen MR) is 93.0 cm³/mol. The van der Waals surface area contributed by atoms with E-state index >= 15 is 0 Å². The maximum atomic E-state index is 6.07. The largest absolute Gasteiger partial charge is 0.495 e. The molecule has 0 aliphatic carbocycles. The third-order valence-electron chi connectivity index (χ3n) is 3.24. The van der Waals surface area contributed by atoms with Gasteiger partial charge in [-0.15, -0.1) is 0 Å². The number of aliphatic imine (C=N–C) groups is 1. The number of hydrogen-bond acceptors (Lipinski definition) is 3. The average molecular weight is 328 g/mol. The summed E-state index contributed by atoms with van der Waals surface area (Å²) < 4.78 is 10.8. The quantitative estimate of drug-likeness (QED) is 0.566. The zero-order valence-electron chi connectivity index (χ0n) is 13.7. The Labute approximate surface area is 137 Å². The zero-order valence-corrected chi connectivity index (χ0v) is 14.5. The molecule has 1 rings (SSSR count). The van der Waals surface area contributed by atoms with Crippen LogP contribution in [0.5, 0.6) is 5.75 Å². The maximum absolute atomic E-state index is 6.07. The first-order valence-corrected chi connectivity index (χ1v) is 7.87. The Morgan fingerprint density at radius 1 is 1.41 bits per heavy atom. The van der Waals surface area contributed by atoms with Crippen molar-refractivity contribution >= 4 is 23.2 Å². The van der Waals surface area contributed by atoms with Gasteiger partial charge in [0.05, 0.1) is 18.2 Å². The normalized spacial score (nSPS) is 13.3. The number of halogens is 1. The third kappa shape index (κ3) is 6.12. The van der Waals surface area contributed by atoms with E-state index in [1.807, 2.05) is 13.0 Å². The van der Waals surface area contributed by atoms with Crippen LogP contribution in [-0.4, -0.2) is 32.3 Å². The van der Waals surface area contributed by atoms with E-state index in [-0.39, 0.29) is 6.10 Å². The lowest BCUT2D eigenvalue weighted by Gasteiger charge is -2.19. The molecular weight excluding hydrogens is 302 g/mol. The molecule has 124 valence electrons. The summed E-state index contributed by atoms with van der Waals surface area (Å²) >= 11 is 6.07. The molecule has 0 aliphatic rings. The Morgan fingerprint density at radius 2 is 2.14 bits per heavy atom. The Balaban J connectivity index is 2.53. The summed E-state index contributed by atoms with van der Waals surface area (Å²) in [5.41, 5.74) is 6.66. The molecule has 0 fully saturated rings. The summed E-state index contributed by atoms with van der Waals surface area (Å²) in [6.07, 6.45) is 1.05. The standard InChI is InChI=1S/C16H26ClN3O2/c1-5-22-14(11(2)3)8-9-19-16(18)20-12-6-7-15(21-4)13(17)10-12/h6-7,10-11,14H,5,8-9H2,1-4H3,(H3,18,19,20). The Hall–Kier alpha value is -1.46. The van der Waals surface area contributed by atoms with Crippen molar-refractivity contribution in [2.24, 2.45) is 16.6 Å². The van der Waals surface area contributed by atoms with Gasteiger partial charge in [0.2, 0.25) is 0 Å². The van der Waals surface area contributed by atoms with Crippen molar-refractivity contribution in [1.82, 2.24) is 0 Å². The van der Waals surface area contributed by atoms with Crippen LogP contribution < -0.4 is 15.8 Å². The van der Waals surface area contributed by atoms with Crippen molar-refractivity contribution in [3.05, 3.63) is 23.2 Å². The fraction of sp³-hybridized carbons (Fsp3) is 0.562. The lowest BCUT2D eigenvalue weighted by Crippen LogP contribution is -2.25. The first kappa shape index (κ1) is 18.6. The molecule has 1 unspecified atom stereocenters. The van der Waals surface area contributed by atoms with Gasteiger partial charge in [-0.1, -0.05) is 25.4 Å². The second-order valence-electron chi connectivity index (χ2n) is 5.27. The molecule has 1 atom stereocenters. The summed E-state index contributed by atoms with van der Waals surface area (Å²) in [5.74, 6) is 1.45. The number of ether oxygens (including phenoxy) is 2. The first-order chi connectivity index (χ1) is 10.5. The fourth-order valence-corrected chi connectivity index (χ4v) is 2.32. The zero-order chi connectivity index (χ0) is 16.5. The van der Waals surface area contributed by atoms with Crippen LogP contribution in [0.3, 0.4) is 0 Å². The maximum Gasteiger partial charge on any atom is 0.193 e. The molecule has 5 nitrogen and oxygen atoms in total. The number of nitrogens with two attached hydrogens (primary N) is 1. The number of guanidine groups is 1. The molecule has 0 aliphatic heterocycles. The van der Waals surface area contributed by atoms with Gasteiger partial charge in [0.25, 0.3) is 0 Å². The number of nitrogens with one attached hydrogen (secondary N) is 1. The van der Waals surface area contributed by atoms with Crippen molar-refractivity contribution in [2.45, 2.75) is 33.3 Å². The van der Waals surface area contributed by atoms with Gasteiger partial charge in [0.1, 0.15) is 5.75 Å². The highest BCUT2D eigenvalue weighted by atomic mass is 35.5. The lowest BCUT2D eigenvalue weighted by molar-refractivity contribution is 0.0266. The van der Waals surface area contributed by atoms with Crippen LogP contribution in [0.2, 0.25) is 5.02 Å². The molecule has 22 heavy (non-hydrogen) atoms. The summed E-state index contributed by atoms with van der Waals surface area (Å²) in [7, 11) is 1.58. The van der Waals surface area contributed by atoms with Gasteiger partial charge < -0.3 is 20.5 Å². The minimum absolute atomic E-state index is 0.206. The van der Waals surface area contributed by atoms with Gasteiger partial charge in [-0.2, -0.15) is 0 Å². The number of methoxy groups -OCH3 is 1. The van der Waals surface area contributed by atoms with Gasteiger partial charge in [0, 0.05) is 18.8 Å². The summed E-state index contributed by atoms with van der Waals surface area (Å²) in [5, 5.41) is 3.54. The molecule has 0 saturated heterocycles. The van der Waals surface area contributed by atoms with Crippen molar-refractivity contribution in [2.75, 3.05) is 25.6 Å². The molecule has 0 radical (unpaired) electrons. The highest BCUT2D eigenvalue weighted by Crippen LogP contribution is 2.27. The highest BCUT2D eigenvalue weighted by molar-refractivity contribution is 6.32. The van der Waals surface area contributed by atoms with E-state index in [1.165, 1.54) is 0 Å². The summed E-state index contributed by atoms with van der Waals surface area (Å²) in [4.78, 5) is 4.33. The predicted octanol–water partition coefficient (Wildman–Crippen LogP) is 3.53. The van der Waals surface area contributed by atoms with Gasteiger partial charge in [-0.25, -0.2) is 0 Å². The lowest BCUT2D eigenvalue weighted by atomic mass is 10.0. The number of hydrogen-bond donors (Lipinski definition) is 2. The van der Waals surface area contributed by atoms with E-state index in [4.69, 9.17) is 26.8 Å². The van der Waals surface area contributed by atoms with Crippen LogP contribution in [0, 0.1) is 5.92 Å². The number of anilines is 1. The number of benzene rings is 1. The molecule has 0 bridgehead atoms. The monoisotopic (exact) mass is 327 g/mol. The number of nitrogens with zero attached hydrogens (tertiary/aromatic N) is 1. The summed E-state index contributed by atoms with van der Waals surface area (Å²) in [6, 6.07) is 5.37. The molecule has 3 N–H and O–H groups in total. The topological polar surface area (TPSA) is 68.9 Å².